The molecule has 5 nitrogen and oxygen atoms in total. The normalized spacial score (nSPS) is 14.0. The number of amides is 1. The second-order valence-corrected chi connectivity index (χ2v) is 7.54. The van der Waals surface area contributed by atoms with Gasteiger partial charge in [0.05, 0.1) is 10.6 Å². The Kier molecular flexibility index (Phi) is 4.21. The van der Waals surface area contributed by atoms with Crippen LogP contribution >= 0.6 is 11.3 Å². The fourth-order valence-corrected chi connectivity index (χ4v) is 4.20. The highest BCUT2D eigenvalue weighted by atomic mass is 32.1. The lowest BCUT2D eigenvalue weighted by atomic mass is 10.1. The molecule has 0 radical (unpaired) electrons. The van der Waals surface area contributed by atoms with Gasteiger partial charge in [0.2, 0.25) is 0 Å². The smallest absolute Gasteiger partial charge is 0.261 e. The van der Waals surface area contributed by atoms with Crippen molar-refractivity contribution in [1.82, 2.24) is 20.3 Å². The van der Waals surface area contributed by atoms with Gasteiger partial charge in [-0.3, -0.25) is 9.78 Å². The minimum atomic E-state index is -0.0308. The van der Waals surface area contributed by atoms with Gasteiger partial charge in [0.15, 0.2) is 0 Å². The molecular weight excluding hydrogens is 332 g/mol. The van der Waals surface area contributed by atoms with Crippen molar-refractivity contribution in [3.05, 3.63) is 52.0 Å². The number of hydrogen-bond donors (Lipinski definition) is 1. The zero-order chi connectivity index (χ0) is 17.4. The first-order valence-corrected chi connectivity index (χ1v) is 9.40. The molecule has 0 aromatic carbocycles. The number of nitrogens with one attached hydrogen (secondary N) is 1. The summed E-state index contributed by atoms with van der Waals surface area (Å²) < 4.78 is 0. The number of pyridine rings is 1. The number of aromatic nitrogens is 3. The van der Waals surface area contributed by atoms with Crippen molar-refractivity contribution in [3.63, 3.8) is 0 Å². The highest BCUT2D eigenvalue weighted by Crippen LogP contribution is 2.40. The van der Waals surface area contributed by atoms with Gasteiger partial charge in [-0.2, -0.15) is 0 Å². The van der Waals surface area contributed by atoms with Crippen LogP contribution < -0.4 is 5.32 Å². The van der Waals surface area contributed by atoms with Crippen LogP contribution in [0.4, 0.5) is 0 Å². The van der Waals surface area contributed by atoms with E-state index >= 15 is 0 Å². The minimum Gasteiger partial charge on any atom is -0.351 e. The van der Waals surface area contributed by atoms with Crippen molar-refractivity contribution in [2.75, 3.05) is 6.54 Å². The summed E-state index contributed by atoms with van der Waals surface area (Å²) in [5.41, 5.74) is 3.08. The van der Waals surface area contributed by atoms with Gasteiger partial charge < -0.3 is 5.32 Å². The summed E-state index contributed by atoms with van der Waals surface area (Å²) in [5, 5.41) is 4.05. The second-order valence-electron chi connectivity index (χ2n) is 6.55. The molecule has 4 rings (SSSR count). The average molecular weight is 352 g/mol. The maximum Gasteiger partial charge on any atom is 0.261 e. The Labute approximate surface area is 150 Å². The van der Waals surface area contributed by atoms with Crippen LogP contribution in [-0.2, 0) is 6.42 Å². The number of hydrogen-bond acceptors (Lipinski definition) is 5. The van der Waals surface area contributed by atoms with Crippen molar-refractivity contribution < 1.29 is 4.79 Å². The SMILES string of the molecule is Cc1nc(C2CC2)nc2sc(C(=O)NCCc3cccnc3)c(C)c12. The van der Waals surface area contributed by atoms with E-state index in [9.17, 15) is 4.79 Å². The lowest BCUT2D eigenvalue weighted by molar-refractivity contribution is 0.0957. The number of thiophene rings is 1. The van der Waals surface area contributed by atoms with E-state index in [4.69, 9.17) is 4.98 Å². The molecule has 3 heterocycles. The lowest BCUT2D eigenvalue weighted by Crippen LogP contribution is -2.25. The second kappa shape index (κ2) is 6.52. The molecular formula is C19H20N4OS. The Morgan fingerprint density at radius 3 is 2.88 bits per heavy atom. The van der Waals surface area contributed by atoms with E-state index in [0.717, 1.165) is 44.2 Å². The molecule has 0 spiro atoms. The molecule has 128 valence electrons. The molecule has 1 aliphatic carbocycles. The highest BCUT2D eigenvalue weighted by molar-refractivity contribution is 7.20. The highest BCUT2D eigenvalue weighted by Gasteiger charge is 2.28. The number of carbonyl (C=O) groups is 1. The molecule has 25 heavy (non-hydrogen) atoms. The fraction of sp³-hybridized carbons (Fsp3) is 0.368. The van der Waals surface area contributed by atoms with Crippen LogP contribution in [0.5, 0.6) is 0 Å². The number of carbonyl (C=O) groups excluding carboxylic acids is 1. The molecule has 0 saturated heterocycles. The molecule has 3 aromatic rings. The summed E-state index contributed by atoms with van der Waals surface area (Å²) in [7, 11) is 0. The predicted molar refractivity (Wildman–Crippen MR) is 99.1 cm³/mol. The third-order valence-electron chi connectivity index (χ3n) is 4.56. The summed E-state index contributed by atoms with van der Waals surface area (Å²) in [4.78, 5) is 27.7. The van der Waals surface area contributed by atoms with E-state index < -0.39 is 0 Å². The monoisotopic (exact) mass is 352 g/mol. The van der Waals surface area contributed by atoms with E-state index in [-0.39, 0.29) is 5.91 Å². The number of fused-ring (bicyclic) bond motifs is 1. The summed E-state index contributed by atoms with van der Waals surface area (Å²) in [5.74, 6) is 1.42. The maximum absolute atomic E-state index is 12.6. The van der Waals surface area contributed by atoms with Gasteiger partial charge in [0, 0.05) is 30.2 Å². The largest absolute Gasteiger partial charge is 0.351 e. The number of aryl methyl sites for hydroxylation is 2. The molecule has 0 aliphatic heterocycles. The third-order valence-corrected chi connectivity index (χ3v) is 5.74. The van der Waals surface area contributed by atoms with Crippen LogP contribution in [0.1, 0.15) is 51.1 Å². The standard InChI is InChI=1S/C19H20N4OS/c1-11-15-12(2)22-17(14-5-6-14)23-19(15)25-16(11)18(24)21-9-7-13-4-3-8-20-10-13/h3-4,8,10,14H,5-7,9H2,1-2H3,(H,21,24). The number of rotatable bonds is 5. The van der Waals surface area contributed by atoms with Crippen molar-refractivity contribution in [2.45, 2.75) is 39.0 Å². The van der Waals surface area contributed by atoms with Gasteiger partial charge in [0.1, 0.15) is 10.7 Å². The Balaban J connectivity index is 1.53. The molecule has 1 N–H and O–H groups in total. The molecule has 3 aromatic heterocycles. The average Bonchev–Trinajstić information content (AvgIpc) is 3.40. The third kappa shape index (κ3) is 3.26. The summed E-state index contributed by atoms with van der Waals surface area (Å²) in [6, 6.07) is 3.92. The van der Waals surface area contributed by atoms with Crippen LogP contribution in [0.2, 0.25) is 0 Å². The van der Waals surface area contributed by atoms with Gasteiger partial charge in [-0.15, -0.1) is 11.3 Å². The Bertz CT molecular complexity index is 931. The maximum atomic E-state index is 12.6. The molecule has 6 heteroatoms. The van der Waals surface area contributed by atoms with Gasteiger partial charge in [-0.25, -0.2) is 9.97 Å². The van der Waals surface area contributed by atoms with E-state index in [0.29, 0.717) is 12.5 Å². The molecule has 1 saturated carbocycles. The summed E-state index contributed by atoms with van der Waals surface area (Å²) in [6.07, 6.45) is 6.71. The molecule has 0 unspecified atom stereocenters. The molecule has 1 amide bonds. The summed E-state index contributed by atoms with van der Waals surface area (Å²) >= 11 is 1.48. The first-order valence-electron chi connectivity index (χ1n) is 8.58. The zero-order valence-electron chi connectivity index (χ0n) is 14.4. The molecule has 1 fully saturated rings. The van der Waals surface area contributed by atoms with Crippen molar-refractivity contribution in [2.24, 2.45) is 0 Å². The molecule has 1 aliphatic rings. The van der Waals surface area contributed by atoms with Crippen LogP contribution in [-0.4, -0.2) is 27.4 Å². The van der Waals surface area contributed by atoms with Crippen LogP contribution in [0.15, 0.2) is 24.5 Å². The van der Waals surface area contributed by atoms with E-state index in [1.54, 1.807) is 6.20 Å². The van der Waals surface area contributed by atoms with Crippen molar-refractivity contribution >= 4 is 27.5 Å². The summed E-state index contributed by atoms with van der Waals surface area (Å²) in [6.45, 7) is 4.60. The Hall–Kier alpha value is -2.34. The minimum absolute atomic E-state index is 0.0308. The van der Waals surface area contributed by atoms with Crippen molar-refractivity contribution in [1.29, 1.82) is 0 Å². The Morgan fingerprint density at radius 2 is 2.16 bits per heavy atom. The lowest BCUT2D eigenvalue weighted by Gasteiger charge is -2.04. The Morgan fingerprint density at radius 1 is 1.32 bits per heavy atom. The van der Waals surface area contributed by atoms with E-state index in [1.165, 1.54) is 24.2 Å². The van der Waals surface area contributed by atoms with E-state index in [1.807, 2.05) is 32.2 Å². The van der Waals surface area contributed by atoms with Crippen LogP contribution in [0, 0.1) is 13.8 Å². The van der Waals surface area contributed by atoms with Gasteiger partial charge in [-0.05, 0) is 50.3 Å². The molecule has 0 bridgehead atoms. The van der Waals surface area contributed by atoms with Gasteiger partial charge in [0.25, 0.3) is 5.91 Å². The zero-order valence-corrected chi connectivity index (χ0v) is 15.2. The van der Waals surface area contributed by atoms with Crippen LogP contribution in [0.3, 0.4) is 0 Å². The van der Waals surface area contributed by atoms with E-state index in [2.05, 4.69) is 15.3 Å². The van der Waals surface area contributed by atoms with Crippen molar-refractivity contribution in [3.8, 4) is 0 Å². The van der Waals surface area contributed by atoms with Gasteiger partial charge >= 0.3 is 0 Å². The first-order chi connectivity index (χ1) is 12.1. The number of nitrogens with zero attached hydrogens (tertiary/aromatic N) is 3. The predicted octanol–water partition coefficient (Wildman–Crippen LogP) is 3.55. The fourth-order valence-electron chi connectivity index (χ4n) is 3.05. The topological polar surface area (TPSA) is 67.8 Å². The quantitative estimate of drug-likeness (QED) is 0.762. The van der Waals surface area contributed by atoms with Crippen LogP contribution in [0.25, 0.3) is 10.2 Å². The first kappa shape index (κ1) is 16.1. The molecule has 0 atom stereocenters. The van der Waals surface area contributed by atoms with Gasteiger partial charge in [-0.1, -0.05) is 6.07 Å².